The van der Waals surface area contributed by atoms with E-state index >= 15 is 0 Å². The van der Waals surface area contributed by atoms with Crippen LogP contribution in [0.1, 0.15) is 25.0 Å². The molecule has 0 radical (unpaired) electrons. The van der Waals surface area contributed by atoms with Gasteiger partial charge in [-0.3, -0.25) is 4.68 Å². The van der Waals surface area contributed by atoms with E-state index in [1.165, 1.54) is 16.7 Å². The van der Waals surface area contributed by atoms with Crippen molar-refractivity contribution >= 4 is 24.8 Å². The molecule has 3 rings (SSSR count). The largest absolute Gasteiger partial charge is 0.497 e. The minimum atomic E-state index is -0.476. The Balaban J connectivity index is 0.00000110. The van der Waals surface area contributed by atoms with Gasteiger partial charge in [-0.05, 0) is 49.9 Å². The van der Waals surface area contributed by atoms with Crippen LogP contribution in [-0.2, 0) is 18.5 Å². The van der Waals surface area contributed by atoms with Gasteiger partial charge in [0.15, 0.2) is 0 Å². The predicted octanol–water partition coefficient (Wildman–Crippen LogP) is 3.15. The van der Waals surface area contributed by atoms with E-state index in [2.05, 4.69) is 23.4 Å². The molecule has 116 valence electrons. The molecule has 1 heterocycles. The van der Waals surface area contributed by atoms with E-state index in [4.69, 9.17) is 10.5 Å². The number of aromatic nitrogens is 2. The van der Waals surface area contributed by atoms with E-state index in [-0.39, 0.29) is 24.8 Å². The van der Waals surface area contributed by atoms with Crippen LogP contribution in [0.2, 0.25) is 0 Å². The van der Waals surface area contributed by atoms with Crippen molar-refractivity contribution in [3.05, 3.63) is 35.5 Å². The monoisotopic (exact) mass is 329 g/mol. The van der Waals surface area contributed by atoms with Crippen LogP contribution in [0.3, 0.4) is 0 Å². The predicted molar refractivity (Wildman–Crippen MR) is 89.6 cm³/mol. The summed E-state index contributed by atoms with van der Waals surface area (Å²) in [5.41, 5.74) is 10.4. The highest BCUT2D eigenvalue weighted by atomic mass is 35.5. The summed E-state index contributed by atoms with van der Waals surface area (Å²) in [7, 11) is 1.69. The number of hydrogen-bond acceptors (Lipinski definition) is 3. The summed E-state index contributed by atoms with van der Waals surface area (Å²) >= 11 is 0. The number of benzene rings is 1. The molecule has 0 spiro atoms. The molecule has 1 aromatic carbocycles. The summed E-state index contributed by atoms with van der Waals surface area (Å²) in [4.78, 5) is 0. The van der Waals surface area contributed by atoms with Gasteiger partial charge < -0.3 is 10.5 Å². The van der Waals surface area contributed by atoms with Gasteiger partial charge in [0.05, 0.1) is 12.8 Å². The SMILES string of the molecule is COc1ccc2c(c1)-c1nn(C(C)(C)N)cc1CC2.Cl.Cl. The quantitative estimate of drug-likeness (QED) is 0.920. The second kappa shape index (κ2) is 6.26. The summed E-state index contributed by atoms with van der Waals surface area (Å²) in [6, 6.07) is 6.20. The topological polar surface area (TPSA) is 53.1 Å². The second-order valence-corrected chi connectivity index (χ2v) is 5.62. The molecule has 2 N–H and O–H groups in total. The van der Waals surface area contributed by atoms with E-state index in [0.717, 1.165) is 24.3 Å². The summed E-state index contributed by atoms with van der Waals surface area (Å²) in [5.74, 6) is 0.869. The van der Waals surface area contributed by atoms with Gasteiger partial charge in [0.25, 0.3) is 0 Å². The van der Waals surface area contributed by atoms with Gasteiger partial charge in [0.1, 0.15) is 11.4 Å². The number of halogens is 2. The molecular formula is C15H21Cl2N3O. The van der Waals surface area contributed by atoms with E-state index in [1.54, 1.807) is 7.11 Å². The molecule has 0 amide bonds. The molecule has 1 aromatic heterocycles. The highest BCUT2D eigenvalue weighted by Crippen LogP contribution is 2.35. The zero-order valence-electron chi connectivity index (χ0n) is 12.4. The van der Waals surface area contributed by atoms with Crippen LogP contribution >= 0.6 is 24.8 Å². The standard InChI is InChI=1S/C15H19N3O.2ClH/c1-15(2,16)18-9-11-5-4-10-6-7-12(19-3)8-13(10)14(11)17-18;;/h6-9H,4-5,16H2,1-3H3;2*1H. The summed E-state index contributed by atoms with van der Waals surface area (Å²) in [5, 5.41) is 4.67. The van der Waals surface area contributed by atoms with Crippen LogP contribution in [0, 0.1) is 0 Å². The minimum absolute atomic E-state index is 0. The van der Waals surface area contributed by atoms with Gasteiger partial charge in [0.2, 0.25) is 0 Å². The molecule has 4 nitrogen and oxygen atoms in total. The van der Waals surface area contributed by atoms with Crippen LogP contribution in [-0.4, -0.2) is 16.9 Å². The first-order valence-corrected chi connectivity index (χ1v) is 6.54. The fourth-order valence-corrected chi connectivity index (χ4v) is 2.50. The Kier molecular flexibility index (Phi) is 5.31. The number of nitrogens with zero attached hydrogens (tertiary/aromatic N) is 2. The van der Waals surface area contributed by atoms with Gasteiger partial charge in [-0.25, -0.2) is 0 Å². The summed E-state index contributed by atoms with van der Waals surface area (Å²) in [6.07, 6.45) is 4.13. The van der Waals surface area contributed by atoms with Crippen molar-refractivity contribution in [2.75, 3.05) is 7.11 Å². The average molecular weight is 330 g/mol. The molecule has 0 aliphatic heterocycles. The Hall–Kier alpha value is -1.23. The lowest BCUT2D eigenvalue weighted by Gasteiger charge is -2.19. The molecule has 1 aliphatic rings. The maximum atomic E-state index is 6.12. The van der Waals surface area contributed by atoms with Gasteiger partial charge in [-0.1, -0.05) is 6.07 Å². The Morgan fingerprint density at radius 3 is 2.48 bits per heavy atom. The summed E-state index contributed by atoms with van der Waals surface area (Å²) in [6.45, 7) is 3.91. The van der Waals surface area contributed by atoms with Crippen molar-refractivity contribution in [3.63, 3.8) is 0 Å². The first kappa shape index (κ1) is 17.8. The van der Waals surface area contributed by atoms with Crippen LogP contribution in [0.5, 0.6) is 5.75 Å². The molecule has 6 heteroatoms. The van der Waals surface area contributed by atoms with Crippen LogP contribution in [0.4, 0.5) is 0 Å². The first-order valence-electron chi connectivity index (χ1n) is 6.54. The fraction of sp³-hybridized carbons (Fsp3) is 0.400. The smallest absolute Gasteiger partial charge is 0.119 e. The molecule has 2 aromatic rings. The zero-order chi connectivity index (χ0) is 13.6. The number of methoxy groups -OCH3 is 1. The molecule has 0 saturated heterocycles. The van der Waals surface area contributed by atoms with Gasteiger partial charge >= 0.3 is 0 Å². The van der Waals surface area contributed by atoms with E-state index in [9.17, 15) is 0 Å². The Morgan fingerprint density at radius 1 is 1.19 bits per heavy atom. The number of nitrogens with two attached hydrogens (primary N) is 1. The van der Waals surface area contributed by atoms with Gasteiger partial charge in [0, 0.05) is 11.8 Å². The van der Waals surface area contributed by atoms with Gasteiger partial charge in [-0.2, -0.15) is 5.10 Å². The summed E-state index contributed by atoms with van der Waals surface area (Å²) < 4.78 is 7.16. The molecule has 1 aliphatic carbocycles. The number of fused-ring (bicyclic) bond motifs is 3. The molecule has 0 fully saturated rings. The zero-order valence-corrected chi connectivity index (χ0v) is 14.1. The molecule has 0 unspecified atom stereocenters. The van der Waals surface area contributed by atoms with E-state index < -0.39 is 5.66 Å². The third kappa shape index (κ3) is 3.18. The van der Waals surface area contributed by atoms with Crippen molar-refractivity contribution in [1.82, 2.24) is 9.78 Å². The van der Waals surface area contributed by atoms with Crippen LogP contribution < -0.4 is 10.5 Å². The normalized spacial score (nSPS) is 12.6. The number of ether oxygens (including phenoxy) is 1. The highest BCUT2D eigenvalue weighted by molar-refractivity contribution is 5.85. The van der Waals surface area contributed by atoms with Crippen molar-refractivity contribution in [2.45, 2.75) is 32.4 Å². The first-order chi connectivity index (χ1) is 8.99. The molecule has 21 heavy (non-hydrogen) atoms. The number of aryl methyl sites for hydroxylation is 2. The second-order valence-electron chi connectivity index (χ2n) is 5.62. The maximum Gasteiger partial charge on any atom is 0.119 e. The number of hydrogen-bond donors (Lipinski definition) is 1. The van der Waals surface area contributed by atoms with Crippen molar-refractivity contribution in [2.24, 2.45) is 5.73 Å². The van der Waals surface area contributed by atoms with Crippen molar-refractivity contribution in [3.8, 4) is 17.0 Å². The highest BCUT2D eigenvalue weighted by Gasteiger charge is 2.23. The third-order valence-electron chi connectivity index (χ3n) is 3.62. The third-order valence-corrected chi connectivity index (χ3v) is 3.62. The lowest BCUT2D eigenvalue weighted by molar-refractivity contribution is 0.333. The number of rotatable bonds is 2. The molecular weight excluding hydrogens is 309 g/mol. The van der Waals surface area contributed by atoms with Crippen molar-refractivity contribution in [1.29, 1.82) is 0 Å². The fourth-order valence-electron chi connectivity index (χ4n) is 2.50. The Morgan fingerprint density at radius 2 is 1.86 bits per heavy atom. The van der Waals surface area contributed by atoms with Crippen LogP contribution in [0.25, 0.3) is 11.3 Å². The van der Waals surface area contributed by atoms with Crippen molar-refractivity contribution < 1.29 is 4.74 Å². The molecule has 0 bridgehead atoms. The average Bonchev–Trinajstić information content (AvgIpc) is 2.82. The Labute approximate surface area is 137 Å². The lowest BCUT2D eigenvalue weighted by atomic mass is 9.90. The molecule has 0 atom stereocenters. The van der Waals surface area contributed by atoms with Crippen LogP contribution in [0.15, 0.2) is 24.4 Å². The minimum Gasteiger partial charge on any atom is -0.497 e. The molecule has 0 saturated carbocycles. The van der Waals surface area contributed by atoms with E-state index in [0.29, 0.717) is 0 Å². The lowest BCUT2D eigenvalue weighted by Crippen LogP contribution is -2.36. The van der Waals surface area contributed by atoms with E-state index in [1.807, 2.05) is 24.6 Å². The maximum absolute atomic E-state index is 6.12. The van der Waals surface area contributed by atoms with Gasteiger partial charge in [-0.15, -0.1) is 24.8 Å². The Bertz CT molecular complexity index is 632.